The van der Waals surface area contributed by atoms with Crippen molar-refractivity contribution >= 4 is 35.3 Å². The van der Waals surface area contributed by atoms with E-state index >= 15 is 0 Å². The first-order chi connectivity index (χ1) is 7.15. The summed E-state index contributed by atoms with van der Waals surface area (Å²) in [4.78, 5) is 14.0. The number of nitrogens with two attached hydrogens (primary N) is 1. The molecule has 82 valence electrons. The Kier molecular flexibility index (Phi) is 3.16. The summed E-state index contributed by atoms with van der Waals surface area (Å²) >= 11 is 7.68. The number of nitrogen functional groups attached to an aromatic ring is 1. The number of hydrogen-bond acceptors (Lipinski definition) is 6. The van der Waals surface area contributed by atoms with E-state index < -0.39 is 0 Å². The molecule has 0 bridgehead atoms. The van der Waals surface area contributed by atoms with E-state index in [2.05, 4.69) is 26.8 Å². The van der Waals surface area contributed by atoms with Crippen LogP contribution in [-0.2, 0) is 0 Å². The molecule has 0 radical (unpaired) electrons. The highest BCUT2D eigenvalue weighted by Crippen LogP contribution is 2.21. The molecule has 2 rings (SSSR count). The van der Waals surface area contributed by atoms with Gasteiger partial charge in [0.25, 0.3) is 0 Å². The van der Waals surface area contributed by atoms with Gasteiger partial charge in [-0.25, -0.2) is 0 Å². The van der Waals surface area contributed by atoms with Gasteiger partial charge in [0.1, 0.15) is 0 Å². The van der Waals surface area contributed by atoms with Gasteiger partial charge in [-0.15, -0.1) is 0 Å². The number of thioether (sulfide) groups is 1. The summed E-state index contributed by atoms with van der Waals surface area (Å²) in [5, 5.41) is 0.735. The van der Waals surface area contributed by atoms with Crippen molar-refractivity contribution in [1.29, 1.82) is 0 Å². The molecule has 1 unspecified atom stereocenters. The van der Waals surface area contributed by atoms with Crippen LogP contribution < -0.4 is 10.6 Å². The largest absolute Gasteiger partial charge is 0.368 e. The zero-order valence-electron chi connectivity index (χ0n) is 8.35. The lowest BCUT2D eigenvalue weighted by Crippen LogP contribution is -2.37. The summed E-state index contributed by atoms with van der Waals surface area (Å²) < 4.78 is 0. The maximum Gasteiger partial charge on any atom is 0.231 e. The van der Waals surface area contributed by atoms with Crippen molar-refractivity contribution in [2.75, 3.05) is 29.5 Å². The van der Waals surface area contributed by atoms with Gasteiger partial charge < -0.3 is 10.6 Å². The van der Waals surface area contributed by atoms with E-state index in [9.17, 15) is 0 Å². The van der Waals surface area contributed by atoms with Crippen molar-refractivity contribution in [3.63, 3.8) is 0 Å². The highest BCUT2D eigenvalue weighted by Gasteiger charge is 2.19. The van der Waals surface area contributed by atoms with Crippen LogP contribution in [0.15, 0.2) is 0 Å². The SMILES string of the molecule is CC1CN(c2nc(N)nc(Cl)n2)CCS1. The first-order valence-corrected chi connectivity index (χ1v) is 6.11. The van der Waals surface area contributed by atoms with Crippen LogP contribution in [-0.4, -0.2) is 39.0 Å². The van der Waals surface area contributed by atoms with Crippen LogP contribution in [0.3, 0.4) is 0 Å². The van der Waals surface area contributed by atoms with E-state index in [0.29, 0.717) is 11.2 Å². The Bertz CT molecular complexity index is 341. The van der Waals surface area contributed by atoms with Crippen molar-refractivity contribution in [1.82, 2.24) is 15.0 Å². The average molecular weight is 246 g/mol. The molecule has 0 spiro atoms. The molecule has 0 aromatic carbocycles. The van der Waals surface area contributed by atoms with Gasteiger partial charge in [0.2, 0.25) is 17.2 Å². The Hall–Kier alpha value is -0.750. The van der Waals surface area contributed by atoms with E-state index in [1.807, 2.05) is 11.8 Å². The summed E-state index contributed by atoms with van der Waals surface area (Å²) in [6.45, 7) is 4.03. The molecule has 0 saturated carbocycles. The minimum Gasteiger partial charge on any atom is -0.368 e. The number of rotatable bonds is 1. The van der Waals surface area contributed by atoms with Crippen molar-refractivity contribution in [3.8, 4) is 0 Å². The third kappa shape index (κ3) is 2.63. The van der Waals surface area contributed by atoms with Gasteiger partial charge in [0.05, 0.1) is 0 Å². The number of hydrogen-bond donors (Lipinski definition) is 1. The molecule has 0 amide bonds. The zero-order chi connectivity index (χ0) is 10.8. The minimum atomic E-state index is 0.156. The maximum atomic E-state index is 5.73. The minimum absolute atomic E-state index is 0.156. The lowest BCUT2D eigenvalue weighted by atomic mass is 10.4. The van der Waals surface area contributed by atoms with Gasteiger partial charge in [-0.2, -0.15) is 26.7 Å². The standard InChI is InChI=1S/C8H12ClN5S/c1-5-4-14(2-3-15-5)8-12-6(9)11-7(10)13-8/h5H,2-4H2,1H3,(H2,10,11,12,13). The van der Waals surface area contributed by atoms with Gasteiger partial charge in [-0.05, 0) is 11.6 Å². The van der Waals surface area contributed by atoms with Crippen molar-refractivity contribution in [2.24, 2.45) is 0 Å². The molecule has 1 fully saturated rings. The fourth-order valence-electron chi connectivity index (χ4n) is 1.50. The third-order valence-electron chi connectivity index (χ3n) is 2.14. The van der Waals surface area contributed by atoms with Crippen molar-refractivity contribution in [2.45, 2.75) is 12.2 Å². The van der Waals surface area contributed by atoms with E-state index in [4.69, 9.17) is 17.3 Å². The second-order valence-corrected chi connectivity index (χ2v) is 5.27. The number of nitrogens with zero attached hydrogens (tertiary/aromatic N) is 4. The van der Waals surface area contributed by atoms with Crippen LogP contribution in [0.4, 0.5) is 11.9 Å². The lowest BCUT2D eigenvalue weighted by molar-refractivity contribution is 0.751. The van der Waals surface area contributed by atoms with Gasteiger partial charge in [-0.1, -0.05) is 6.92 Å². The molecule has 2 N–H and O–H groups in total. The molecule has 7 heteroatoms. The summed E-state index contributed by atoms with van der Waals surface area (Å²) in [6, 6.07) is 0. The molecule has 1 aromatic heterocycles. The summed E-state index contributed by atoms with van der Waals surface area (Å²) in [7, 11) is 0. The Morgan fingerprint density at radius 1 is 1.47 bits per heavy atom. The van der Waals surface area contributed by atoms with E-state index in [0.717, 1.165) is 18.8 Å². The summed E-state index contributed by atoms with van der Waals surface area (Å²) in [5.41, 5.74) is 5.52. The molecule has 1 aliphatic rings. The smallest absolute Gasteiger partial charge is 0.231 e. The van der Waals surface area contributed by atoms with Gasteiger partial charge >= 0.3 is 0 Å². The van der Waals surface area contributed by atoms with Gasteiger partial charge in [-0.3, -0.25) is 0 Å². The topological polar surface area (TPSA) is 67.9 Å². The van der Waals surface area contributed by atoms with Gasteiger partial charge in [0, 0.05) is 24.1 Å². The lowest BCUT2D eigenvalue weighted by Gasteiger charge is -2.30. The molecule has 1 aromatic rings. The zero-order valence-corrected chi connectivity index (χ0v) is 9.92. The Morgan fingerprint density at radius 3 is 2.93 bits per heavy atom. The molecule has 2 heterocycles. The van der Waals surface area contributed by atoms with Crippen LogP contribution in [0.1, 0.15) is 6.92 Å². The van der Waals surface area contributed by atoms with Crippen molar-refractivity contribution in [3.05, 3.63) is 5.28 Å². The second kappa shape index (κ2) is 4.40. The number of halogens is 1. The Labute approximate surface area is 97.4 Å². The molecule has 0 aliphatic carbocycles. The number of anilines is 2. The van der Waals surface area contributed by atoms with Crippen molar-refractivity contribution < 1.29 is 0 Å². The summed E-state index contributed by atoms with van der Waals surface area (Å²) in [6.07, 6.45) is 0. The highest BCUT2D eigenvalue weighted by atomic mass is 35.5. The van der Waals surface area contributed by atoms with Crippen LogP contribution in [0, 0.1) is 0 Å². The number of aromatic nitrogens is 3. The summed E-state index contributed by atoms with van der Waals surface area (Å²) in [5.74, 6) is 1.83. The normalized spacial score (nSPS) is 21.7. The van der Waals surface area contributed by atoms with E-state index in [-0.39, 0.29) is 11.2 Å². The predicted octanol–water partition coefficient (Wildman–Crippen LogP) is 1.05. The third-order valence-corrected chi connectivity index (χ3v) is 3.44. The Balaban J connectivity index is 2.20. The first kappa shape index (κ1) is 10.8. The molecule has 1 aliphatic heterocycles. The molecule has 5 nitrogen and oxygen atoms in total. The maximum absolute atomic E-state index is 5.73. The van der Waals surface area contributed by atoms with Crippen LogP contribution >= 0.6 is 23.4 Å². The highest BCUT2D eigenvalue weighted by molar-refractivity contribution is 8.00. The monoisotopic (exact) mass is 245 g/mol. The van der Waals surface area contributed by atoms with Crippen LogP contribution in [0.5, 0.6) is 0 Å². The predicted molar refractivity (Wildman–Crippen MR) is 63.4 cm³/mol. The molecular formula is C8H12ClN5S. The molecule has 1 atom stereocenters. The van der Waals surface area contributed by atoms with E-state index in [1.54, 1.807) is 0 Å². The fraction of sp³-hybridized carbons (Fsp3) is 0.625. The van der Waals surface area contributed by atoms with Gasteiger partial charge in [0.15, 0.2) is 0 Å². The first-order valence-electron chi connectivity index (χ1n) is 4.69. The average Bonchev–Trinajstić information content (AvgIpc) is 2.16. The molecule has 15 heavy (non-hydrogen) atoms. The van der Waals surface area contributed by atoms with Crippen LogP contribution in [0.2, 0.25) is 5.28 Å². The second-order valence-electron chi connectivity index (χ2n) is 3.39. The quantitative estimate of drug-likeness (QED) is 0.798. The fourth-order valence-corrected chi connectivity index (χ4v) is 2.67. The molecular weight excluding hydrogens is 234 g/mol. The van der Waals surface area contributed by atoms with Crippen LogP contribution in [0.25, 0.3) is 0 Å². The van der Waals surface area contributed by atoms with E-state index in [1.165, 1.54) is 0 Å². The molecule has 1 saturated heterocycles. The Morgan fingerprint density at radius 2 is 2.27 bits per heavy atom.